The third-order valence-corrected chi connectivity index (χ3v) is 5.19. The molecule has 0 unspecified atom stereocenters. The number of anilines is 1. The number of carbonyl (C=O) groups excluding carboxylic acids is 1. The molecular formula is C21H24Cl2N2O. The maximum Gasteiger partial charge on any atom is 0.246 e. The lowest BCUT2D eigenvalue weighted by molar-refractivity contribution is -0.122. The fraction of sp³-hybridized carbons (Fsp3) is 0.381. The molecule has 1 fully saturated rings. The predicted octanol–water partition coefficient (Wildman–Crippen LogP) is 5.65. The van der Waals surface area contributed by atoms with Crippen LogP contribution in [0.3, 0.4) is 0 Å². The van der Waals surface area contributed by atoms with E-state index < -0.39 is 0 Å². The van der Waals surface area contributed by atoms with Gasteiger partial charge >= 0.3 is 0 Å². The summed E-state index contributed by atoms with van der Waals surface area (Å²) in [5.41, 5.74) is 1.62. The van der Waals surface area contributed by atoms with Crippen LogP contribution in [-0.4, -0.2) is 23.9 Å². The Morgan fingerprint density at radius 3 is 2.19 bits per heavy atom. The average Bonchev–Trinajstić information content (AvgIpc) is 2.54. The van der Waals surface area contributed by atoms with Crippen molar-refractivity contribution in [3.8, 4) is 0 Å². The maximum atomic E-state index is 13.2. The number of nitrogens with one attached hydrogen (secondary N) is 1. The SMILES string of the molecule is C[C@@H]1C[C@@H](C)CN([C@H](C(=O)Nc2cc(Cl)cc(Cl)c2)c2ccccc2)C1. The van der Waals surface area contributed by atoms with E-state index in [2.05, 4.69) is 24.1 Å². The van der Waals surface area contributed by atoms with Crippen molar-refractivity contribution in [3.05, 3.63) is 64.1 Å². The van der Waals surface area contributed by atoms with Gasteiger partial charge in [-0.2, -0.15) is 0 Å². The molecule has 5 heteroatoms. The lowest BCUT2D eigenvalue weighted by Gasteiger charge is -2.39. The van der Waals surface area contributed by atoms with Gasteiger partial charge in [-0.1, -0.05) is 67.4 Å². The van der Waals surface area contributed by atoms with Crippen LogP contribution in [0.4, 0.5) is 5.69 Å². The van der Waals surface area contributed by atoms with Crippen molar-refractivity contribution in [3.63, 3.8) is 0 Å². The molecule has 0 bridgehead atoms. The van der Waals surface area contributed by atoms with Crippen LogP contribution < -0.4 is 5.32 Å². The van der Waals surface area contributed by atoms with Gasteiger partial charge in [-0.05, 0) is 42.0 Å². The zero-order valence-corrected chi connectivity index (χ0v) is 16.6. The summed E-state index contributed by atoms with van der Waals surface area (Å²) in [5, 5.41) is 4.01. The van der Waals surface area contributed by atoms with Crippen LogP contribution >= 0.6 is 23.2 Å². The smallest absolute Gasteiger partial charge is 0.246 e. The number of halogens is 2. The van der Waals surface area contributed by atoms with E-state index >= 15 is 0 Å². The normalized spacial score (nSPS) is 22.0. The minimum Gasteiger partial charge on any atom is -0.324 e. The van der Waals surface area contributed by atoms with Gasteiger partial charge in [0.1, 0.15) is 6.04 Å². The molecule has 26 heavy (non-hydrogen) atoms. The number of hydrogen-bond acceptors (Lipinski definition) is 2. The highest BCUT2D eigenvalue weighted by atomic mass is 35.5. The van der Waals surface area contributed by atoms with E-state index in [-0.39, 0.29) is 11.9 Å². The third-order valence-electron chi connectivity index (χ3n) is 4.76. The molecule has 3 nitrogen and oxygen atoms in total. The van der Waals surface area contributed by atoms with E-state index in [1.54, 1.807) is 18.2 Å². The first-order valence-corrected chi connectivity index (χ1v) is 9.74. The van der Waals surface area contributed by atoms with E-state index in [0.717, 1.165) is 18.7 Å². The number of hydrogen-bond donors (Lipinski definition) is 1. The van der Waals surface area contributed by atoms with Gasteiger partial charge in [0.05, 0.1) is 0 Å². The number of piperidine rings is 1. The molecule has 1 aliphatic rings. The molecule has 0 radical (unpaired) electrons. The molecule has 0 spiro atoms. The van der Waals surface area contributed by atoms with Crippen molar-refractivity contribution < 1.29 is 4.79 Å². The second kappa shape index (κ2) is 8.43. The number of benzene rings is 2. The highest BCUT2D eigenvalue weighted by Crippen LogP contribution is 2.31. The van der Waals surface area contributed by atoms with E-state index in [4.69, 9.17) is 23.2 Å². The lowest BCUT2D eigenvalue weighted by Crippen LogP contribution is -2.45. The Morgan fingerprint density at radius 1 is 1.04 bits per heavy atom. The van der Waals surface area contributed by atoms with Gasteiger partial charge in [0.2, 0.25) is 5.91 Å². The lowest BCUT2D eigenvalue weighted by atomic mass is 9.89. The van der Waals surface area contributed by atoms with Gasteiger partial charge in [0.25, 0.3) is 0 Å². The van der Waals surface area contributed by atoms with Gasteiger partial charge in [0, 0.05) is 28.8 Å². The molecule has 1 saturated heterocycles. The van der Waals surface area contributed by atoms with Crippen LogP contribution in [-0.2, 0) is 4.79 Å². The first-order chi connectivity index (χ1) is 12.4. The minimum atomic E-state index is -0.334. The monoisotopic (exact) mass is 390 g/mol. The van der Waals surface area contributed by atoms with Gasteiger partial charge in [-0.3, -0.25) is 9.69 Å². The van der Waals surface area contributed by atoms with Gasteiger partial charge < -0.3 is 5.32 Å². The van der Waals surface area contributed by atoms with Crippen molar-refractivity contribution in [2.24, 2.45) is 11.8 Å². The molecule has 1 amide bonds. The average molecular weight is 391 g/mol. The number of rotatable bonds is 4. The second-order valence-corrected chi connectivity index (χ2v) is 8.23. The Hall–Kier alpha value is -1.55. The number of likely N-dealkylation sites (tertiary alicyclic amines) is 1. The van der Waals surface area contributed by atoms with Gasteiger partial charge in [-0.15, -0.1) is 0 Å². The molecule has 3 atom stereocenters. The molecule has 1 aliphatic heterocycles. The van der Waals surface area contributed by atoms with Crippen molar-refractivity contribution >= 4 is 34.8 Å². The minimum absolute atomic E-state index is 0.0594. The Kier molecular flexibility index (Phi) is 6.23. The third kappa shape index (κ3) is 4.79. The van der Waals surface area contributed by atoms with Crippen molar-refractivity contribution in [1.82, 2.24) is 4.90 Å². The summed E-state index contributed by atoms with van der Waals surface area (Å²) in [7, 11) is 0. The molecule has 1 N–H and O–H groups in total. The summed E-state index contributed by atoms with van der Waals surface area (Å²) in [4.78, 5) is 15.5. The first-order valence-electron chi connectivity index (χ1n) is 8.98. The summed E-state index contributed by atoms with van der Waals surface area (Å²) in [6.45, 7) is 6.32. The molecule has 2 aromatic rings. The van der Waals surface area contributed by atoms with E-state index in [1.807, 2.05) is 30.3 Å². The fourth-order valence-corrected chi connectivity index (χ4v) is 4.45. The highest BCUT2D eigenvalue weighted by Gasteiger charge is 2.32. The van der Waals surface area contributed by atoms with Crippen LogP contribution in [0.2, 0.25) is 10.0 Å². The zero-order valence-electron chi connectivity index (χ0n) is 15.1. The quantitative estimate of drug-likeness (QED) is 0.730. The number of nitrogens with zero attached hydrogens (tertiary/aromatic N) is 1. The Bertz CT molecular complexity index is 736. The Balaban J connectivity index is 1.88. The van der Waals surface area contributed by atoms with E-state index in [1.165, 1.54) is 6.42 Å². The summed E-state index contributed by atoms with van der Waals surface area (Å²) in [6, 6.07) is 14.7. The van der Waals surface area contributed by atoms with Crippen LogP contribution in [0.25, 0.3) is 0 Å². The maximum absolute atomic E-state index is 13.2. The van der Waals surface area contributed by atoms with Gasteiger partial charge in [0.15, 0.2) is 0 Å². The summed E-state index contributed by atoms with van der Waals surface area (Å²) in [6.07, 6.45) is 1.20. The summed E-state index contributed by atoms with van der Waals surface area (Å²) >= 11 is 12.1. The second-order valence-electron chi connectivity index (χ2n) is 7.36. The van der Waals surface area contributed by atoms with Crippen molar-refractivity contribution in [2.75, 3.05) is 18.4 Å². The molecular weight excluding hydrogens is 367 g/mol. The van der Waals surface area contributed by atoms with Crippen molar-refractivity contribution in [1.29, 1.82) is 0 Å². The fourth-order valence-electron chi connectivity index (χ4n) is 3.92. The molecule has 0 aliphatic carbocycles. The molecule has 2 aromatic carbocycles. The van der Waals surface area contributed by atoms with Crippen LogP contribution in [0.5, 0.6) is 0 Å². The molecule has 0 aromatic heterocycles. The molecule has 3 rings (SSSR count). The number of amides is 1. The summed E-state index contributed by atoms with van der Waals surface area (Å²) < 4.78 is 0. The first kappa shape index (κ1) is 19.2. The largest absolute Gasteiger partial charge is 0.324 e. The molecule has 0 saturated carbocycles. The van der Waals surface area contributed by atoms with Crippen LogP contribution in [0.15, 0.2) is 48.5 Å². The number of carbonyl (C=O) groups is 1. The van der Waals surface area contributed by atoms with Crippen LogP contribution in [0, 0.1) is 11.8 Å². The van der Waals surface area contributed by atoms with E-state index in [9.17, 15) is 4.79 Å². The Morgan fingerprint density at radius 2 is 1.62 bits per heavy atom. The summed E-state index contributed by atoms with van der Waals surface area (Å²) in [5.74, 6) is 1.08. The highest BCUT2D eigenvalue weighted by molar-refractivity contribution is 6.35. The van der Waals surface area contributed by atoms with E-state index in [0.29, 0.717) is 27.6 Å². The molecule has 138 valence electrons. The standard InChI is InChI=1S/C21H24Cl2N2O/c1-14-8-15(2)13-25(12-14)20(16-6-4-3-5-7-16)21(26)24-19-10-17(22)9-18(23)11-19/h3-7,9-11,14-15,20H,8,12-13H2,1-2H3,(H,24,26)/t14-,15-,20+/m1/s1. The molecule has 1 heterocycles. The topological polar surface area (TPSA) is 32.3 Å². The Labute approximate surface area is 165 Å². The zero-order chi connectivity index (χ0) is 18.7. The van der Waals surface area contributed by atoms with Crippen molar-refractivity contribution in [2.45, 2.75) is 26.3 Å². The van der Waals surface area contributed by atoms with Gasteiger partial charge in [-0.25, -0.2) is 0 Å². The van der Waals surface area contributed by atoms with Crippen LogP contribution in [0.1, 0.15) is 31.9 Å². The predicted molar refractivity (Wildman–Crippen MR) is 109 cm³/mol.